The number of thioether (sulfide) groups is 1. The molecule has 32 heavy (non-hydrogen) atoms. The lowest BCUT2D eigenvalue weighted by atomic mass is 10.2. The van der Waals surface area contributed by atoms with Crippen molar-refractivity contribution < 1.29 is 23.8 Å². The molecule has 3 aromatic rings. The first-order chi connectivity index (χ1) is 15.4. The third-order valence-corrected chi connectivity index (χ3v) is 6.06. The molecule has 10 nitrogen and oxygen atoms in total. The lowest BCUT2D eigenvalue weighted by Crippen LogP contribution is -2.14. The Bertz CT molecular complexity index is 1100. The first-order valence-electron chi connectivity index (χ1n) is 9.59. The molecule has 1 amide bonds. The van der Waals surface area contributed by atoms with E-state index < -0.39 is 0 Å². The molecule has 170 valence electrons. The van der Waals surface area contributed by atoms with Crippen molar-refractivity contribution in [2.75, 3.05) is 31.9 Å². The third kappa shape index (κ3) is 5.77. The molecule has 0 bridgehead atoms. The van der Waals surface area contributed by atoms with E-state index in [2.05, 4.69) is 20.5 Å². The van der Waals surface area contributed by atoms with Crippen molar-refractivity contribution >= 4 is 40.1 Å². The van der Waals surface area contributed by atoms with E-state index >= 15 is 0 Å². The molecule has 0 aliphatic heterocycles. The van der Waals surface area contributed by atoms with Crippen LogP contribution < -0.4 is 14.8 Å². The number of anilines is 1. The Balaban J connectivity index is 1.59. The summed E-state index contributed by atoms with van der Waals surface area (Å²) >= 11 is 2.51. The summed E-state index contributed by atoms with van der Waals surface area (Å²) in [6.45, 7) is 2.07. The SMILES string of the molecule is CCOC(=O)Cc1csc(NC(=O)CSc2nnc(-c3ccc(OC)c(OC)c3)n2C)n1. The second-order valence-corrected chi connectivity index (χ2v) is 8.20. The predicted molar refractivity (Wildman–Crippen MR) is 121 cm³/mol. The number of rotatable bonds is 10. The first-order valence-corrected chi connectivity index (χ1v) is 11.5. The number of aromatic nitrogens is 4. The van der Waals surface area contributed by atoms with Gasteiger partial charge in [-0.2, -0.15) is 0 Å². The summed E-state index contributed by atoms with van der Waals surface area (Å²) in [4.78, 5) is 28.1. The number of methoxy groups -OCH3 is 2. The Labute approximate surface area is 193 Å². The van der Waals surface area contributed by atoms with Crippen LogP contribution in [0.15, 0.2) is 28.7 Å². The van der Waals surface area contributed by atoms with Gasteiger partial charge < -0.3 is 24.1 Å². The lowest BCUT2D eigenvalue weighted by Gasteiger charge is -2.09. The Morgan fingerprint density at radius 2 is 1.97 bits per heavy atom. The molecule has 1 aromatic carbocycles. The highest BCUT2D eigenvalue weighted by atomic mass is 32.2. The van der Waals surface area contributed by atoms with Gasteiger partial charge in [0.05, 0.1) is 38.7 Å². The van der Waals surface area contributed by atoms with Crippen LogP contribution in [-0.2, 0) is 27.8 Å². The molecule has 3 rings (SSSR count). The van der Waals surface area contributed by atoms with Crippen LogP contribution in [0, 0.1) is 0 Å². The van der Waals surface area contributed by atoms with Gasteiger partial charge in [0, 0.05) is 18.0 Å². The minimum atomic E-state index is -0.348. The van der Waals surface area contributed by atoms with E-state index in [0.29, 0.717) is 39.9 Å². The van der Waals surface area contributed by atoms with Gasteiger partial charge in [-0.1, -0.05) is 11.8 Å². The van der Waals surface area contributed by atoms with E-state index in [-0.39, 0.29) is 24.1 Å². The minimum Gasteiger partial charge on any atom is -0.493 e. The fourth-order valence-corrected chi connectivity index (χ4v) is 4.20. The number of carbonyl (C=O) groups excluding carboxylic acids is 2. The maximum atomic E-state index is 12.3. The quantitative estimate of drug-likeness (QED) is 0.347. The number of amides is 1. The van der Waals surface area contributed by atoms with E-state index in [1.54, 1.807) is 37.2 Å². The average molecular weight is 478 g/mol. The number of nitrogens with zero attached hydrogens (tertiary/aromatic N) is 4. The van der Waals surface area contributed by atoms with Gasteiger partial charge in [-0.15, -0.1) is 21.5 Å². The van der Waals surface area contributed by atoms with E-state index in [1.165, 1.54) is 23.1 Å². The fraction of sp³-hybridized carbons (Fsp3) is 0.350. The van der Waals surface area contributed by atoms with Crippen LogP contribution >= 0.6 is 23.1 Å². The van der Waals surface area contributed by atoms with Crippen LogP contribution in [0.3, 0.4) is 0 Å². The Kier molecular flexibility index (Phi) is 8.06. The van der Waals surface area contributed by atoms with Crippen LogP contribution in [-0.4, -0.2) is 58.2 Å². The standard InChI is InChI=1S/C20H23N5O5S2/c1-5-30-17(27)9-13-10-31-19(21-13)22-16(26)11-32-20-24-23-18(25(20)2)12-6-7-14(28-3)15(8-12)29-4/h6-8,10H,5,9,11H2,1-4H3,(H,21,22,26). The molecule has 0 saturated heterocycles. The first kappa shape index (κ1) is 23.5. The highest BCUT2D eigenvalue weighted by molar-refractivity contribution is 7.99. The van der Waals surface area contributed by atoms with Crippen molar-refractivity contribution in [2.45, 2.75) is 18.5 Å². The molecule has 0 atom stereocenters. The zero-order valence-electron chi connectivity index (χ0n) is 18.1. The molecule has 0 spiro atoms. The van der Waals surface area contributed by atoms with Crippen LogP contribution in [0.2, 0.25) is 0 Å². The van der Waals surface area contributed by atoms with Crippen molar-refractivity contribution in [1.82, 2.24) is 19.7 Å². The average Bonchev–Trinajstić information content (AvgIpc) is 3.37. The van der Waals surface area contributed by atoms with Gasteiger partial charge in [0.25, 0.3) is 0 Å². The molecule has 2 aromatic heterocycles. The maximum absolute atomic E-state index is 12.3. The van der Waals surface area contributed by atoms with E-state index in [1.807, 2.05) is 19.2 Å². The van der Waals surface area contributed by atoms with Gasteiger partial charge in [-0.05, 0) is 25.1 Å². The van der Waals surface area contributed by atoms with Crippen LogP contribution in [0.4, 0.5) is 5.13 Å². The Morgan fingerprint density at radius 1 is 1.19 bits per heavy atom. The van der Waals surface area contributed by atoms with Crippen molar-refractivity contribution in [2.24, 2.45) is 7.05 Å². The van der Waals surface area contributed by atoms with Gasteiger partial charge in [0.15, 0.2) is 27.6 Å². The molecular weight excluding hydrogens is 454 g/mol. The lowest BCUT2D eigenvalue weighted by molar-refractivity contribution is -0.142. The van der Waals surface area contributed by atoms with Crippen molar-refractivity contribution in [3.63, 3.8) is 0 Å². The Morgan fingerprint density at radius 3 is 2.69 bits per heavy atom. The number of esters is 1. The molecule has 0 unspecified atom stereocenters. The summed E-state index contributed by atoms with van der Waals surface area (Å²) in [6.07, 6.45) is 0.0762. The topological polar surface area (TPSA) is 117 Å². The summed E-state index contributed by atoms with van der Waals surface area (Å²) in [7, 11) is 4.97. The van der Waals surface area contributed by atoms with Gasteiger partial charge in [0.1, 0.15) is 0 Å². The second-order valence-electron chi connectivity index (χ2n) is 6.40. The number of hydrogen-bond acceptors (Lipinski definition) is 10. The van der Waals surface area contributed by atoms with E-state index in [9.17, 15) is 9.59 Å². The molecule has 2 heterocycles. The summed E-state index contributed by atoms with van der Waals surface area (Å²) < 4.78 is 17.3. The van der Waals surface area contributed by atoms with Crippen molar-refractivity contribution in [3.8, 4) is 22.9 Å². The predicted octanol–water partition coefficient (Wildman–Crippen LogP) is 2.79. The zero-order valence-corrected chi connectivity index (χ0v) is 19.7. The minimum absolute atomic E-state index is 0.0762. The number of carbonyl (C=O) groups is 2. The smallest absolute Gasteiger partial charge is 0.311 e. The second kappa shape index (κ2) is 11.0. The van der Waals surface area contributed by atoms with Gasteiger partial charge in [-0.25, -0.2) is 4.98 Å². The molecule has 0 fully saturated rings. The van der Waals surface area contributed by atoms with Crippen LogP contribution in [0.5, 0.6) is 11.5 Å². The van der Waals surface area contributed by atoms with Crippen LogP contribution in [0.1, 0.15) is 12.6 Å². The zero-order chi connectivity index (χ0) is 23.1. The van der Waals surface area contributed by atoms with Gasteiger partial charge in [0.2, 0.25) is 5.91 Å². The summed E-state index contributed by atoms with van der Waals surface area (Å²) in [6, 6.07) is 5.48. The maximum Gasteiger partial charge on any atom is 0.311 e. The van der Waals surface area contributed by atoms with E-state index in [0.717, 1.165) is 5.56 Å². The van der Waals surface area contributed by atoms with Crippen molar-refractivity contribution in [1.29, 1.82) is 0 Å². The Hall–Kier alpha value is -3.12. The van der Waals surface area contributed by atoms with Crippen LogP contribution in [0.25, 0.3) is 11.4 Å². The van der Waals surface area contributed by atoms with Crippen molar-refractivity contribution in [3.05, 3.63) is 29.3 Å². The molecule has 0 aliphatic carbocycles. The summed E-state index contributed by atoms with van der Waals surface area (Å²) in [5.74, 6) is 1.40. The summed E-state index contributed by atoms with van der Waals surface area (Å²) in [5.41, 5.74) is 1.37. The summed E-state index contributed by atoms with van der Waals surface area (Å²) in [5, 5.41) is 13.9. The number of ether oxygens (including phenoxy) is 3. The third-order valence-electron chi connectivity index (χ3n) is 4.24. The number of benzene rings is 1. The molecule has 0 aliphatic rings. The largest absolute Gasteiger partial charge is 0.493 e. The van der Waals surface area contributed by atoms with Gasteiger partial charge in [-0.3, -0.25) is 9.59 Å². The number of hydrogen-bond donors (Lipinski definition) is 1. The molecular formula is C20H23N5O5S2. The van der Waals surface area contributed by atoms with Gasteiger partial charge >= 0.3 is 5.97 Å². The normalized spacial score (nSPS) is 10.6. The molecule has 0 saturated carbocycles. The molecule has 1 N–H and O–H groups in total. The van der Waals surface area contributed by atoms with E-state index in [4.69, 9.17) is 14.2 Å². The molecule has 12 heteroatoms. The number of nitrogens with one attached hydrogen (secondary N) is 1. The highest BCUT2D eigenvalue weighted by Crippen LogP contribution is 2.32. The highest BCUT2D eigenvalue weighted by Gasteiger charge is 2.16. The molecule has 0 radical (unpaired) electrons. The monoisotopic (exact) mass is 477 g/mol. The fourth-order valence-electron chi connectivity index (χ4n) is 2.76. The number of thiazole rings is 1.